The van der Waals surface area contributed by atoms with Crippen LogP contribution in [-0.2, 0) is 0 Å². The molecule has 0 amide bonds. The first-order chi connectivity index (χ1) is 8.66. The zero-order chi connectivity index (χ0) is 12.7. The zero-order valence-corrected chi connectivity index (χ0v) is 9.50. The maximum atomic E-state index is 13.7. The summed E-state index contributed by atoms with van der Waals surface area (Å²) in [6, 6.07) is 7.70. The third kappa shape index (κ3) is 1.50. The second kappa shape index (κ2) is 3.76. The molecule has 0 spiro atoms. The van der Waals surface area contributed by atoms with Crippen LogP contribution in [0.15, 0.2) is 30.3 Å². The Balaban J connectivity index is 2.37. The highest BCUT2D eigenvalue weighted by Gasteiger charge is 2.14. The van der Waals surface area contributed by atoms with Crippen LogP contribution in [0, 0.1) is 12.7 Å². The molecular formula is C12H9FN4O. The molecule has 1 aromatic carbocycles. The molecule has 0 bridgehead atoms. The molecule has 0 aliphatic carbocycles. The Morgan fingerprint density at radius 3 is 2.78 bits per heavy atom. The zero-order valence-electron chi connectivity index (χ0n) is 9.50. The lowest BCUT2D eigenvalue weighted by Crippen LogP contribution is -2.03. The van der Waals surface area contributed by atoms with Gasteiger partial charge in [-0.15, -0.1) is 10.2 Å². The van der Waals surface area contributed by atoms with Gasteiger partial charge in [0.15, 0.2) is 5.82 Å². The molecule has 0 radical (unpaired) electrons. The molecule has 0 fully saturated rings. The Kier molecular flexibility index (Phi) is 2.22. The monoisotopic (exact) mass is 244 g/mol. The smallest absolute Gasteiger partial charge is 0.231 e. The molecule has 0 saturated heterocycles. The quantitative estimate of drug-likeness (QED) is 0.710. The van der Waals surface area contributed by atoms with Gasteiger partial charge in [0, 0.05) is 6.07 Å². The van der Waals surface area contributed by atoms with Crippen LogP contribution in [0.1, 0.15) is 5.69 Å². The summed E-state index contributed by atoms with van der Waals surface area (Å²) in [7, 11) is 0. The number of nitrogens with zero attached hydrogens (tertiary/aromatic N) is 4. The van der Waals surface area contributed by atoms with Gasteiger partial charge in [-0.05, 0) is 19.1 Å². The standard InChI is InChI=1S/C12H9FN4O/c1-7-10-6-11(18)16-17(10)12(15-14-7)8-4-2-3-5-9(8)13/h2-6H,1H3,(H,16,18). The number of aryl methyl sites for hydroxylation is 1. The molecule has 3 aromatic rings. The van der Waals surface area contributed by atoms with Gasteiger partial charge in [-0.2, -0.15) is 5.10 Å². The molecular weight excluding hydrogens is 235 g/mol. The van der Waals surface area contributed by atoms with Crippen LogP contribution in [0.2, 0.25) is 0 Å². The molecule has 0 unspecified atom stereocenters. The summed E-state index contributed by atoms with van der Waals surface area (Å²) in [6.45, 7) is 1.74. The summed E-state index contributed by atoms with van der Waals surface area (Å²) in [5, 5.41) is 21.2. The van der Waals surface area contributed by atoms with Crippen LogP contribution < -0.4 is 0 Å². The van der Waals surface area contributed by atoms with Crippen LogP contribution in [0.3, 0.4) is 0 Å². The maximum Gasteiger partial charge on any atom is 0.231 e. The molecule has 0 atom stereocenters. The van der Waals surface area contributed by atoms with E-state index in [-0.39, 0.29) is 17.3 Å². The minimum absolute atomic E-state index is 0.148. The van der Waals surface area contributed by atoms with Gasteiger partial charge in [-0.3, -0.25) is 0 Å². The average molecular weight is 244 g/mol. The fraction of sp³-hybridized carbons (Fsp3) is 0.0833. The number of fused-ring (bicyclic) bond motifs is 1. The van der Waals surface area contributed by atoms with Crippen molar-refractivity contribution in [2.24, 2.45) is 0 Å². The largest absolute Gasteiger partial charge is 0.492 e. The first-order valence-corrected chi connectivity index (χ1v) is 5.34. The van der Waals surface area contributed by atoms with E-state index in [0.717, 1.165) is 0 Å². The Hall–Kier alpha value is -2.50. The van der Waals surface area contributed by atoms with Crippen molar-refractivity contribution in [2.75, 3.05) is 0 Å². The van der Waals surface area contributed by atoms with Gasteiger partial charge in [-0.1, -0.05) is 12.1 Å². The lowest BCUT2D eigenvalue weighted by molar-refractivity contribution is 0.449. The SMILES string of the molecule is Cc1nnc(-c2ccccc2F)n2nc(O)cc12. The van der Waals surface area contributed by atoms with Crippen molar-refractivity contribution in [1.82, 2.24) is 19.8 Å². The molecule has 0 aliphatic heterocycles. The molecule has 1 N–H and O–H groups in total. The van der Waals surface area contributed by atoms with Crippen LogP contribution in [0.4, 0.5) is 4.39 Å². The Morgan fingerprint density at radius 1 is 1.22 bits per heavy atom. The van der Waals surface area contributed by atoms with Gasteiger partial charge >= 0.3 is 0 Å². The number of aromatic nitrogens is 4. The number of rotatable bonds is 1. The number of halogens is 1. The van der Waals surface area contributed by atoms with Crippen molar-refractivity contribution in [2.45, 2.75) is 6.92 Å². The van der Waals surface area contributed by atoms with E-state index >= 15 is 0 Å². The van der Waals surface area contributed by atoms with E-state index in [1.54, 1.807) is 25.1 Å². The molecule has 90 valence electrons. The molecule has 2 aromatic heterocycles. The van der Waals surface area contributed by atoms with E-state index in [4.69, 9.17) is 0 Å². The summed E-state index contributed by atoms with van der Waals surface area (Å²) in [5.41, 5.74) is 1.50. The van der Waals surface area contributed by atoms with Crippen LogP contribution in [0.5, 0.6) is 5.88 Å². The molecule has 2 heterocycles. The maximum absolute atomic E-state index is 13.7. The van der Waals surface area contributed by atoms with Gasteiger partial charge in [0.1, 0.15) is 5.82 Å². The normalized spacial score (nSPS) is 11.0. The van der Waals surface area contributed by atoms with Gasteiger partial charge in [0.25, 0.3) is 0 Å². The Labute approximate surface area is 102 Å². The number of hydrogen-bond donors (Lipinski definition) is 1. The van der Waals surface area contributed by atoms with Crippen molar-refractivity contribution >= 4 is 5.52 Å². The van der Waals surface area contributed by atoms with Gasteiger partial charge in [-0.25, -0.2) is 8.91 Å². The van der Waals surface area contributed by atoms with E-state index < -0.39 is 5.82 Å². The highest BCUT2D eigenvalue weighted by atomic mass is 19.1. The van der Waals surface area contributed by atoms with Crippen molar-refractivity contribution < 1.29 is 9.50 Å². The second-order valence-electron chi connectivity index (χ2n) is 3.89. The van der Waals surface area contributed by atoms with E-state index in [9.17, 15) is 9.50 Å². The van der Waals surface area contributed by atoms with E-state index in [1.165, 1.54) is 16.6 Å². The first-order valence-electron chi connectivity index (χ1n) is 5.34. The minimum Gasteiger partial charge on any atom is -0.492 e. The summed E-state index contributed by atoms with van der Waals surface area (Å²) >= 11 is 0. The van der Waals surface area contributed by atoms with Gasteiger partial charge in [0.05, 0.1) is 16.8 Å². The molecule has 3 rings (SSSR count). The van der Waals surface area contributed by atoms with Crippen molar-refractivity contribution in [3.05, 3.63) is 41.8 Å². The van der Waals surface area contributed by atoms with Crippen molar-refractivity contribution in [3.63, 3.8) is 0 Å². The summed E-state index contributed by atoms with van der Waals surface area (Å²) in [6.07, 6.45) is 0. The van der Waals surface area contributed by atoms with Gasteiger partial charge in [0.2, 0.25) is 5.88 Å². The number of benzene rings is 1. The molecule has 5 nitrogen and oxygen atoms in total. The summed E-state index contributed by atoms with van der Waals surface area (Å²) in [4.78, 5) is 0. The van der Waals surface area contributed by atoms with Crippen molar-refractivity contribution in [3.8, 4) is 17.3 Å². The van der Waals surface area contributed by atoms with E-state index in [1.807, 2.05) is 0 Å². The highest BCUT2D eigenvalue weighted by Crippen LogP contribution is 2.23. The number of hydrogen-bond acceptors (Lipinski definition) is 4. The summed E-state index contributed by atoms with van der Waals surface area (Å²) < 4.78 is 15.1. The predicted molar refractivity (Wildman–Crippen MR) is 62.6 cm³/mol. The highest BCUT2D eigenvalue weighted by molar-refractivity contribution is 5.62. The summed E-state index contributed by atoms with van der Waals surface area (Å²) in [5.74, 6) is -0.300. The van der Waals surface area contributed by atoms with Gasteiger partial charge < -0.3 is 5.11 Å². The lowest BCUT2D eigenvalue weighted by Gasteiger charge is -2.05. The lowest BCUT2D eigenvalue weighted by atomic mass is 10.2. The van der Waals surface area contributed by atoms with Crippen LogP contribution in [0.25, 0.3) is 16.9 Å². The first kappa shape index (κ1) is 10.6. The molecule has 6 heteroatoms. The topological polar surface area (TPSA) is 63.3 Å². The average Bonchev–Trinajstić information content (AvgIpc) is 2.74. The predicted octanol–water partition coefficient (Wildman–Crippen LogP) is 1.94. The second-order valence-corrected chi connectivity index (χ2v) is 3.89. The minimum atomic E-state index is -0.410. The van der Waals surface area contributed by atoms with E-state index in [2.05, 4.69) is 15.3 Å². The molecule has 0 aliphatic rings. The fourth-order valence-electron chi connectivity index (χ4n) is 1.81. The van der Waals surface area contributed by atoms with Crippen LogP contribution >= 0.6 is 0 Å². The fourth-order valence-corrected chi connectivity index (χ4v) is 1.81. The third-order valence-corrected chi connectivity index (χ3v) is 2.68. The van der Waals surface area contributed by atoms with Crippen molar-refractivity contribution in [1.29, 1.82) is 0 Å². The van der Waals surface area contributed by atoms with E-state index in [0.29, 0.717) is 11.2 Å². The van der Waals surface area contributed by atoms with Crippen LogP contribution in [-0.4, -0.2) is 24.9 Å². The number of aromatic hydroxyl groups is 1. The molecule has 0 saturated carbocycles. The Morgan fingerprint density at radius 2 is 2.00 bits per heavy atom. The third-order valence-electron chi connectivity index (χ3n) is 2.68. The molecule has 18 heavy (non-hydrogen) atoms. The Bertz CT molecular complexity index is 738.